The van der Waals surface area contributed by atoms with Crippen LogP contribution in [0.3, 0.4) is 0 Å². The number of methoxy groups -OCH3 is 2. The molecule has 29 heavy (non-hydrogen) atoms. The van der Waals surface area contributed by atoms with Gasteiger partial charge in [0.15, 0.2) is 0 Å². The highest BCUT2D eigenvalue weighted by Gasteiger charge is 2.34. The summed E-state index contributed by atoms with van der Waals surface area (Å²) < 4.78 is 15.5. The lowest BCUT2D eigenvalue weighted by Gasteiger charge is -2.28. The van der Waals surface area contributed by atoms with Gasteiger partial charge in [-0.15, -0.1) is 0 Å². The van der Waals surface area contributed by atoms with Gasteiger partial charge in [-0.05, 0) is 55.2 Å². The summed E-state index contributed by atoms with van der Waals surface area (Å²) >= 11 is 0. The summed E-state index contributed by atoms with van der Waals surface area (Å²) in [5, 5.41) is 10.3. The van der Waals surface area contributed by atoms with Gasteiger partial charge in [-0.1, -0.05) is 37.1 Å². The Morgan fingerprint density at radius 2 is 1.41 bits per heavy atom. The van der Waals surface area contributed by atoms with Crippen LogP contribution in [0.1, 0.15) is 50.2 Å². The number of hydrogen-bond acceptors (Lipinski definition) is 5. The molecule has 0 aliphatic rings. The van der Waals surface area contributed by atoms with Gasteiger partial charge in [0.1, 0.15) is 16.9 Å². The maximum Gasteiger partial charge on any atom is 0.305 e. The monoisotopic (exact) mass is 395 g/mol. The van der Waals surface area contributed by atoms with Crippen molar-refractivity contribution in [2.45, 2.75) is 44.4 Å². The van der Waals surface area contributed by atoms with Crippen molar-refractivity contribution < 1.29 is 19.0 Å². The highest BCUT2D eigenvalue weighted by molar-refractivity contribution is 5.69. The first-order chi connectivity index (χ1) is 14.1. The maximum absolute atomic E-state index is 11.5. The smallest absolute Gasteiger partial charge is 0.305 e. The molecule has 0 atom stereocenters. The summed E-state index contributed by atoms with van der Waals surface area (Å²) in [5.74, 6) is 1.35. The number of nitrogens with zero attached hydrogens (tertiary/aromatic N) is 1. The summed E-state index contributed by atoms with van der Waals surface area (Å²) in [6.45, 7) is 2.22. The number of carbonyl (C=O) groups is 1. The van der Waals surface area contributed by atoms with Gasteiger partial charge in [-0.3, -0.25) is 4.79 Å². The minimum Gasteiger partial charge on any atom is -0.497 e. The maximum atomic E-state index is 11.5. The van der Waals surface area contributed by atoms with Gasteiger partial charge in [-0.2, -0.15) is 5.26 Å². The molecule has 0 aliphatic heterocycles. The molecule has 2 rings (SSSR count). The summed E-state index contributed by atoms with van der Waals surface area (Å²) in [7, 11) is 3.25. The van der Waals surface area contributed by atoms with E-state index in [4.69, 9.17) is 14.2 Å². The van der Waals surface area contributed by atoms with Crippen LogP contribution < -0.4 is 9.47 Å². The number of hydrogen-bond donors (Lipinski definition) is 0. The third-order valence-electron chi connectivity index (χ3n) is 5.09. The van der Waals surface area contributed by atoms with E-state index in [2.05, 4.69) is 6.07 Å². The van der Waals surface area contributed by atoms with Crippen LogP contribution in [0.15, 0.2) is 48.5 Å². The Morgan fingerprint density at radius 1 is 0.897 bits per heavy atom. The Morgan fingerprint density at radius 3 is 1.83 bits per heavy atom. The topological polar surface area (TPSA) is 68.6 Å². The van der Waals surface area contributed by atoms with Gasteiger partial charge >= 0.3 is 5.97 Å². The molecular formula is C24H29NO4. The van der Waals surface area contributed by atoms with Crippen LogP contribution in [0.25, 0.3) is 0 Å². The molecule has 0 saturated heterocycles. The van der Waals surface area contributed by atoms with Crippen molar-refractivity contribution in [1.29, 1.82) is 5.26 Å². The van der Waals surface area contributed by atoms with Gasteiger partial charge in [0.25, 0.3) is 0 Å². The molecule has 0 aliphatic carbocycles. The number of unbranched alkanes of at least 4 members (excludes halogenated alkanes) is 2. The number of rotatable bonds is 11. The van der Waals surface area contributed by atoms with E-state index in [1.165, 1.54) is 0 Å². The molecule has 0 radical (unpaired) electrons. The van der Waals surface area contributed by atoms with Crippen LogP contribution in [-0.4, -0.2) is 26.8 Å². The van der Waals surface area contributed by atoms with E-state index in [9.17, 15) is 10.1 Å². The number of carbonyl (C=O) groups excluding carboxylic acids is 1. The van der Waals surface area contributed by atoms with Crippen LogP contribution in [0.4, 0.5) is 0 Å². The largest absolute Gasteiger partial charge is 0.497 e. The van der Waals surface area contributed by atoms with Crippen LogP contribution in [0.5, 0.6) is 11.5 Å². The Balaban J connectivity index is 2.21. The molecule has 0 spiro atoms. The summed E-state index contributed by atoms with van der Waals surface area (Å²) in [4.78, 5) is 11.5. The second-order valence-electron chi connectivity index (χ2n) is 6.84. The third kappa shape index (κ3) is 5.74. The van der Waals surface area contributed by atoms with E-state index in [0.29, 0.717) is 19.4 Å². The van der Waals surface area contributed by atoms with Crippen molar-refractivity contribution in [1.82, 2.24) is 0 Å². The van der Waals surface area contributed by atoms with Crippen molar-refractivity contribution in [2.75, 3.05) is 20.8 Å². The summed E-state index contributed by atoms with van der Waals surface area (Å²) in [6, 6.07) is 17.9. The number of ether oxygens (including phenoxy) is 3. The van der Waals surface area contributed by atoms with Crippen LogP contribution in [0.2, 0.25) is 0 Å². The average Bonchev–Trinajstić information content (AvgIpc) is 2.77. The molecule has 0 aromatic heterocycles. The SMILES string of the molecule is CCOC(=O)CCCCCC(C#N)(c1ccc(OC)cc1)c1ccc(OC)cc1. The molecule has 0 N–H and O–H groups in total. The molecule has 2 aromatic carbocycles. The second kappa shape index (κ2) is 11.1. The van der Waals surface area contributed by atoms with Gasteiger partial charge in [0, 0.05) is 6.42 Å². The van der Waals surface area contributed by atoms with Crippen LogP contribution in [-0.2, 0) is 14.9 Å². The minimum absolute atomic E-state index is 0.163. The Hall–Kier alpha value is -3.00. The molecule has 154 valence electrons. The fourth-order valence-corrected chi connectivity index (χ4v) is 3.46. The Kier molecular flexibility index (Phi) is 8.54. The molecule has 2 aromatic rings. The first-order valence-corrected chi connectivity index (χ1v) is 9.95. The van der Waals surface area contributed by atoms with E-state index in [0.717, 1.165) is 41.9 Å². The lowest BCUT2D eigenvalue weighted by atomic mass is 9.72. The van der Waals surface area contributed by atoms with Gasteiger partial charge in [0.05, 0.1) is 26.9 Å². The lowest BCUT2D eigenvalue weighted by Crippen LogP contribution is -2.26. The molecule has 0 unspecified atom stereocenters. The van der Waals surface area contributed by atoms with Crippen LogP contribution in [0, 0.1) is 11.3 Å². The molecular weight excluding hydrogens is 366 g/mol. The zero-order chi connectivity index (χ0) is 21.1. The Bertz CT molecular complexity index is 759. The van der Waals surface area contributed by atoms with Crippen molar-refractivity contribution >= 4 is 5.97 Å². The Labute approximate surface area is 173 Å². The van der Waals surface area contributed by atoms with E-state index in [1.807, 2.05) is 55.5 Å². The molecule has 0 bridgehead atoms. The first-order valence-electron chi connectivity index (χ1n) is 9.95. The van der Waals surface area contributed by atoms with Crippen molar-refractivity contribution in [3.05, 3.63) is 59.7 Å². The highest BCUT2D eigenvalue weighted by atomic mass is 16.5. The molecule has 0 fully saturated rings. The van der Waals surface area contributed by atoms with E-state index >= 15 is 0 Å². The van der Waals surface area contributed by atoms with Crippen molar-refractivity contribution in [3.8, 4) is 17.6 Å². The fourth-order valence-electron chi connectivity index (χ4n) is 3.46. The van der Waals surface area contributed by atoms with E-state index < -0.39 is 5.41 Å². The molecule has 0 saturated carbocycles. The minimum atomic E-state index is -0.775. The second-order valence-corrected chi connectivity index (χ2v) is 6.84. The zero-order valence-electron chi connectivity index (χ0n) is 17.4. The van der Waals surface area contributed by atoms with E-state index in [-0.39, 0.29) is 5.97 Å². The van der Waals surface area contributed by atoms with Crippen LogP contribution >= 0.6 is 0 Å². The number of esters is 1. The van der Waals surface area contributed by atoms with Gasteiger partial charge < -0.3 is 14.2 Å². The predicted octanol–water partition coefficient (Wildman–Crippen LogP) is 5.03. The van der Waals surface area contributed by atoms with Gasteiger partial charge in [0.2, 0.25) is 0 Å². The standard InChI is InChI=1S/C24H29NO4/c1-4-29-23(26)8-6-5-7-17-24(18-25,19-9-13-21(27-2)14-10-19)20-11-15-22(28-3)16-12-20/h9-16H,4-8,17H2,1-3H3. The van der Waals surface area contributed by atoms with Gasteiger partial charge in [-0.25, -0.2) is 0 Å². The molecule has 0 amide bonds. The fraction of sp³-hybridized carbons (Fsp3) is 0.417. The lowest BCUT2D eigenvalue weighted by molar-refractivity contribution is -0.143. The zero-order valence-corrected chi connectivity index (χ0v) is 17.4. The summed E-state index contributed by atoms with van der Waals surface area (Å²) in [6.07, 6.45) is 3.51. The van der Waals surface area contributed by atoms with Crippen molar-refractivity contribution in [3.63, 3.8) is 0 Å². The first kappa shape index (κ1) is 22.3. The molecule has 0 heterocycles. The summed E-state index contributed by atoms with van der Waals surface area (Å²) in [5.41, 5.74) is 1.08. The highest BCUT2D eigenvalue weighted by Crippen LogP contribution is 2.38. The predicted molar refractivity (Wildman–Crippen MR) is 112 cm³/mol. The number of benzene rings is 2. The molecule has 5 nitrogen and oxygen atoms in total. The number of nitriles is 1. The van der Waals surface area contributed by atoms with Crippen molar-refractivity contribution in [2.24, 2.45) is 0 Å². The average molecular weight is 395 g/mol. The normalized spacial score (nSPS) is 10.8. The van der Waals surface area contributed by atoms with E-state index in [1.54, 1.807) is 14.2 Å². The quantitative estimate of drug-likeness (QED) is 0.394. The molecule has 5 heteroatoms. The third-order valence-corrected chi connectivity index (χ3v) is 5.09.